The Labute approximate surface area is 354 Å². The van der Waals surface area contributed by atoms with E-state index in [1.54, 1.807) is 17.8 Å². The second-order valence-electron chi connectivity index (χ2n) is 17.9. The number of allylic oxidation sites excluding steroid dienone is 2. The highest BCUT2D eigenvalue weighted by molar-refractivity contribution is 7.89. The molecular formula is C46H61N7O6S. The third-order valence-electron chi connectivity index (χ3n) is 12.3. The molecule has 1 atom stereocenters. The smallest absolute Gasteiger partial charge is 0.293 e. The number of H-pyrrole nitrogens is 1. The fourth-order valence-electron chi connectivity index (χ4n) is 8.46. The maximum atomic E-state index is 14.0. The van der Waals surface area contributed by atoms with Gasteiger partial charge in [0.15, 0.2) is 6.23 Å². The molecule has 1 aliphatic carbocycles. The van der Waals surface area contributed by atoms with Crippen molar-refractivity contribution in [1.82, 2.24) is 19.6 Å². The molecule has 2 aromatic carbocycles. The maximum absolute atomic E-state index is 14.0. The molecule has 2 aliphatic heterocycles. The summed E-state index contributed by atoms with van der Waals surface area (Å²) in [4.78, 5) is 23.8. The first-order valence-corrected chi connectivity index (χ1v) is 22.9. The molecular weight excluding hydrogens is 779 g/mol. The molecule has 4 heterocycles. The molecule has 2 aromatic heterocycles. The summed E-state index contributed by atoms with van der Waals surface area (Å²) in [7, 11) is -4.32. The molecule has 2 fully saturated rings. The summed E-state index contributed by atoms with van der Waals surface area (Å²) in [6.45, 7) is 20.3. The lowest BCUT2D eigenvalue weighted by atomic mass is 9.72. The van der Waals surface area contributed by atoms with Crippen molar-refractivity contribution >= 4 is 38.1 Å². The average Bonchev–Trinajstić information content (AvgIpc) is 3.71. The van der Waals surface area contributed by atoms with Crippen LogP contribution in [0, 0.1) is 27.4 Å². The van der Waals surface area contributed by atoms with Crippen LogP contribution >= 0.6 is 0 Å². The number of nitro benzene ring substituents is 1. The summed E-state index contributed by atoms with van der Waals surface area (Å²) in [5, 5.41) is 16.1. The van der Waals surface area contributed by atoms with Crippen LogP contribution in [0.1, 0.15) is 84.4 Å². The number of hydrogen-bond donors (Lipinski definition) is 3. The number of sulfonamides is 1. The summed E-state index contributed by atoms with van der Waals surface area (Å²) in [6, 6.07) is 15.3. The van der Waals surface area contributed by atoms with E-state index >= 15 is 0 Å². The number of hydrogen-bond acceptors (Lipinski definition) is 10. The van der Waals surface area contributed by atoms with Crippen LogP contribution in [0.25, 0.3) is 11.0 Å². The molecule has 4 aromatic rings. The predicted octanol–water partition coefficient (Wildman–Crippen LogP) is 8.99. The Morgan fingerprint density at radius 3 is 2.55 bits per heavy atom. The van der Waals surface area contributed by atoms with Gasteiger partial charge in [-0.3, -0.25) is 15.0 Å². The van der Waals surface area contributed by atoms with Crippen LogP contribution in [-0.4, -0.2) is 80.7 Å². The highest BCUT2D eigenvalue weighted by atomic mass is 32.2. The van der Waals surface area contributed by atoms with Crippen molar-refractivity contribution in [3.8, 4) is 5.75 Å². The molecule has 14 heteroatoms. The average molecular weight is 840 g/mol. The topological polar surface area (TPSA) is 155 Å². The molecule has 0 radical (unpaired) electrons. The number of aromatic amines is 1. The second-order valence-corrected chi connectivity index (χ2v) is 19.6. The van der Waals surface area contributed by atoms with Gasteiger partial charge in [-0.25, -0.2) is 13.4 Å². The molecule has 0 amide bonds. The minimum atomic E-state index is -4.32. The van der Waals surface area contributed by atoms with E-state index < -0.39 is 21.2 Å². The van der Waals surface area contributed by atoms with E-state index in [0.717, 1.165) is 82.0 Å². The number of nitrogens with zero attached hydrogens (tertiary/aromatic N) is 4. The number of anilines is 2. The van der Waals surface area contributed by atoms with Gasteiger partial charge in [-0.1, -0.05) is 57.6 Å². The van der Waals surface area contributed by atoms with Gasteiger partial charge in [0.05, 0.1) is 16.0 Å². The Morgan fingerprint density at radius 2 is 1.83 bits per heavy atom. The Balaban J connectivity index is 1.05. The lowest BCUT2D eigenvalue weighted by Gasteiger charge is -2.39. The summed E-state index contributed by atoms with van der Waals surface area (Å²) in [5.41, 5.74) is 6.92. The number of ether oxygens (including phenoxy) is 2. The van der Waals surface area contributed by atoms with Gasteiger partial charge >= 0.3 is 0 Å². The zero-order valence-electron chi connectivity index (χ0n) is 35.5. The second kappa shape index (κ2) is 18.9. The number of benzene rings is 2. The zero-order valence-corrected chi connectivity index (χ0v) is 36.4. The quantitative estimate of drug-likeness (QED) is 0.0533. The van der Waals surface area contributed by atoms with Gasteiger partial charge < -0.3 is 24.7 Å². The molecule has 13 nitrogen and oxygen atoms in total. The van der Waals surface area contributed by atoms with Crippen molar-refractivity contribution in [3.05, 3.63) is 106 Å². The van der Waals surface area contributed by atoms with Crippen LogP contribution in [0.4, 0.5) is 17.1 Å². The Hall–Kier alpha value is -4.76. The van der Waals surface area contributed by atoms with Crippen molar-refractivity contribution in [2.45, 2.75) is 83.8 Å². The maximum Gasteiger partial charge on any atom is 0.293 e. The van der Waals surface area contributed by atoms with Crippen molar-refractivity contribution in [3.63, 3.8) is 0 Å². The number of nitro groups is 1. The number of fused-ring (bicyclic) bond motifs is 1. The monoisotopic (exact) mass is 839 g/mol. The van der Waals surface area contributed by atoms with E-state index in [2.05, 4.69) is 64.1 Å². The Bertz CT molecular complexity index is 2270. The first kappa shape index (κ1) is 43.3. The molecule has 0 saturated carbocycles. The molecule has 0 spiro atoms. The molecule has 3 aliphatic rings. The largest absolute Gasteiger partial charge is 0.468 e. The Kier molecular flexibility index (Phi) is 13.6. The molecule has 2 saturated heterocycles. The molecule has 7 rings (SSSR count). The van der Waals surface area contributed by atoms with Crippen molar-refractivity contribution in [2.24, 2.45) is 17.3 Å². The van der Waals surface area contributed by atoms with E-state index in [1.165, 1.54) is 42.3 Å². The van der Waals surface area contributed by atoms with E-state index in [0.29, 0.717) is 54.0 Å². The highest BCUT2D eigenvalue weighted by Gasteiger charge is 2.31. The number of nitrogens with one attached hydrogen (secondary N) is 3. The van der Waals surface area contributed by atoms with Crippen LogP contribution < -0.4 is 19.7 Å². The van der Waals surface area contributed by atoms with Crippen LogP contribution in [-0.2, 0) is 14.8 Å². The normalized spacial score (nSPS) is 18.5. The van der Waals surface area contributed by atoms with Gasteiger partial charge in [0.25, 0.3) is 5.69 Å². The van der Waals surface area contributed by atoms with Crippen LogP contribution in [0.2, 0.25) is 0 Å². The van der Waals surface area contributed by atoms with Crippen molar-refractivity contribution in [1.29, 1.82) is 0 Å². The first-order valence-electron chi connectivity index (χ1n) is 21.4. The van der Waals surface area contributed by atoms with Gasteiger partial charge in [0.2, 0.25) is 10.0 Å². The van der Waals surface area contributed by atoms with Crippen molar-refractivity contribution in [2.75, 3.05) is 62.7 Å². The third kappa shape index (κ3) is 10.9. The third-order valence-corrected chi connectivity index (χ3v) is 13.7. The fourth-order valence-corrected chi connectivity index (χ4v) is 9.58. The van der Waals surface area contributed by atoms with Gasteiger partial charge in [-0.15, -0.1) is 0 Å². The lowest BCUT2D eigenvalue weighted by molar-refractivity contribution is -0.384. The minimum Gasteiger partial charge on any atom is -0.468 e. The molecule has 60 heavy (non-hydrogen) atoms. The SMILES string of the molecule is C=C(CCC(C)C)C1=C(CN2CCN(c3ccc(C(NS(=O)(=O)c4ccc(NCC5CCOCC5)c([N+](=O)[O-])c4)Oc4cnc5[nH]ccc5c4)cc3)CC2)CCC(C)(C)C1. The fraction of sp³-hybridized carbons (Fsp3) is 0.500. The van der Waals surface area contributed by atoms with Crippen molar-refractivity contribution < 1.29 is 22.8 Å². The van der Waals surface area contributed by atoms with Gasteiger partial charge in [-0.2, -0.15) is 4.72 Å². The van der Waals surface area contributed by atoms with E-state index in [4.69, 9.17) is 9.47 Å². The molecule has 1 unspecified atom stereocenters. The number of pyridine rings is 1. The van der Waals surface area contributed by atoms with Crippen LogP contribution in [0.5, 0.6) is 5.75 Å². The predicted molar refractivity (Wildman–Crippen MR) is 238 cm³/mol. The Morgan fingerprint density at radius 1 is 1.08 bits per heavy atom. The summed E-state index contributed by atoms with van der Waals surface area (Å²) >= 11 is 0. The van der Waals surface area contributed by atoms with Gasteiger partial charge in [-0.05, 0) is 104 Å². The standard InChI is InChI=1S/C46H61N7O6S/c1-32(2)6-7-33(3)41-28-46(4,5)18-14-37(41)31-51-20-22-52(23-21-51)38-10-8-35(9-11-38)45(59-39-26-36-15-19-47-44(36)49-30-39)50-60(56,57)40-12-13-42(43(27-40)53(54)55)48-29-34-16-24-58-25-17-34/h8-13,15,19,26-27,30,32,34,45,48,50H,3,6-7,14,16-18,20-25,28-29,31H2,1-2,4-5H3,(H,47,49). The van der Waals surface area contributed by atoms with E-state index in [-0.39, 0.29) is 16.3 Å². The van der Waals surface area contributed by atoms with Gasteiger partial charge in [0.1, 0.15) is 17.1 Å². The highest BCUT2D eigenvalue weighted by Crippen LogP contribution is 2.42. The zero-order chi connectivity index (χ0) is 42.4. The van der Waals surface area contributed by atoms with E-state index in [9.17, 15) is 18.5 Å². The molecule has 0 bridgehead atoms. The summed E-state index contributed by atoms with van der Waals surface area (Å²) in [5.74, 6) is 1.33. The minimum absolute atomic E-state index is 0.243. The number of piperazine rings is 1. The first-order chi connectivity index (χ1) is 28.7. The van der Waals surface area contributed by atoms with Crippen LogP contribution in [0.15, 0.2) is 95.2 Å². The van der Waals surface area contributed by atoms with Crippen LogP contribution in [0.3, 0.4) is 0 Å². The molecule has 3 N–H and O–H groups in total. The summed E-state index contributed by atoms with van der Waals surface area (Å²) < 4.78 is 42.5. The number of aromatic nitrogens is 2. The lowest BCUT2D eigenvalue weighted by Crippen LogP contribution is -2.47. The van der Waals surface area contributed by atoms with Gasteiger partial charge in [0, 0.05) is 81.4 Å². The summed E-state index contributed by atoms with van der Waals surface area (Å²) in [6.07, 6.45) is 9.52. The number of rotatable bonds is 17. The molecule has 322 valence electrons. The van der Waals surface area contributed by atoms with E-state index in [1.807, 2.05) is 30.3 Å².